The summed E-state index contributed by atoms with van der Waals surface area (Å²) < 4.78 is 5.02. The van der Waals surface area contributed by atoms with E-state index in [4.69, 9.17) is 28.9 Å². The van der Waals surface area contributed by atoms with Gasteiger partial charge in [0.05, 0.1) is 15.7 Å². The molecule has 94 valence electrons. The second-order valence-corrected chi connectivity index (χ2v) is 4.93. The topological polar surface area (TPSA) is 94.0 Å². The maximum absolute atomic E-state index is 11.8. The van der Waals surface area contributed by atoms with Gasteiger partial charge in [-0.2, -0.15) is 0 Å². The van der Waals surface area contributed by atoms with Crippen LogP contribution < -0.4 is 11.1 Å². The summed E-state index contributed by atoms with van der Waals surface area (Å²) in [6.45, 7) is 0. The molecule has 0 spiro atoms. The molecular weight excluding hydrogens is 347 g/mol. The summed E-state index contributed by atoms with van der Waals surface area (Å²) in [7, 11) is 0. The number of anilines is 2. The molecule has 0 saturated carbocycles. The lowest BCUT2D eigenvalue weighted by Crippen LogP contribution is -2.14. The zero-order chi connectivity index (χ0) is 13.3. The van der Waals surface area contributed by atoms with Gasteiger partial charge in [0.2, 0.25) is 11.5 Å². The highest BCUT2D eigenvalue weighted by atomic mass is 79.9. The maximum atomic E-state index is 11.8. The smallest absolute Gasteiger partial charge is 0.281 e. The van der Waals surface area contributed by atoms with Crippen molar-refractivity contribution in [2.24, 2.45) is 0 Å². The number of aromatic nitrogens is 2. The van der Waals surface area contributed by atoms with Crippen LogP contribution in [0.5, 0.6) is 0 Å². The van der Waals surface area contributed by atoms with Gasteiger partial charge in [-0.15, -0.1) is 0 Å². The predicted octanol–water partition coefficient (Wildman–Crippen LogP) is 2.97. The number of amides is 1. The average molecular weight is 352 g/mol. The third kappa shape index (κ3) is 2.58. The second kappa shape index (κ2) is 5.13. The summed E-state index contributed by atoms with van der Waals surface area (Å²) in [4.78, 5) is 11.8. The van der Waals surface area contributed by atoms with E-state index in [1.165, 1.54) is 0 Å². The molecule has 1 aromatic heterocycles. The molecule has 1 aromatic carbocycles. The fourth-order valence-electron chi connectivity index (χ4n) is 1.19. The Kier molecular flexibility index (Phi) is 3.74. The minimum absolute atomic E-state index is 0.114. The average Bonchev–Trinajstić information content (AvgIpc) is 2.69. The Labute approximate surface area is 120 Å². The van der Waals surface area contributed by atoms with Gasteiger partial charge < -0.3 is 11.1 Å². The van der Waals surface area contributed by atoms with Crippen LogP contribution in [0.3, 0.4) is 0 Å². The first-order valence-electron chi connectivity index (χ1n) is 4.53. The van der Waals surface area contributed by atoms with E-state index < -0.39 is 5.91 Å². The third-order valence-corrected chi connectivity index (χ3v) is 3.03. The highest BCUT2D eigenvalue weighted by Gasteiger charge is 2.18. The van der Waals surface area contributed by atoms with Crippen LogP contribution in [-0.4, -0.2) is 16.2 Å². The van der Waals surface area contributed by atoms with Crippen molar-refractivity contribution in [1.82, 2.24) is 10.3 Å². The summed E-state index contributed by atoms with van der Waals surface area (Å²) in [6, 6.07) is 3.18. The van der Waals surface area contributed by atoms with Crippen molar-refractivity contribution in [3.8, 4) is 0 Å². The quantitative estimate of drug-likeness (QED) is 0.867. The SMILES string of the molecule is Nc1nonc1C(=O)Nc1c(Cl)cc(Br)cc1Cl. The number of hydrogen-bond donors (Lipinski definition) is 2. The molecule has 0 aliphatic rings. The fourth-order valence-corrected chi connectivity index (χ4v) is 2.49. The first-order valence-corrected chi connectivity index (χ1v) is 6.08. The molecule has 0 unspecified atom stereocenters. The van der Waals surface area contributed by atoms with Gasteiger partial charge in [-0.05, 0) is 22.4 Å². The molecule has 0 bridgehead atoms. The van der Waals surface area contributed by atoms with Gasteiger partial charge in [0.25, 0.3) is 5.91 Å². The van der Waals surface area contributed by atoms with Crippen LogP contribution in [0.25, 0.3) is 0 Å². The molecule has 6 nitrogen and oxygen atoms in total. The molecule has 0 atom stereocenters. The zero-order valence-electron chi connectivity index (χ0n) is 8.58. The monoisotopic (exact) mass is 350 g/mol. The van der Waals surface area contributed by atoms with E-state index in [-0.39, 0.29) is 27.2 Å². The molecular formula is C9H5BrCl2N4O2. The number of halogens is 3. The lowest BCUT2D eigenvalue weighted by atomic mass is 10.3. The Morgan fingerprint density at radius 3 is 2.44 bits per heavy atom. The van der Waals surface area contributed by atoms with Crippen LogP contribution in [-0.2, 0) is 0 Å². The Balaban J connectivity index is 2.31. The molecule has 1 amide bonds. The number of nitrogens with zero attached hydrogens (tertiary/aromatic N) is 2. The van der Waals surface area contributed by atoms with Crippen molar-refractivity contribution in [1.29, 1.82) is 0 Å². The molecule has 0 saturated heterocycles. The van der Waals surface area contributed by atoms with Gasteiger partial charge in [-0.1, -0.05) is 39.1 Å². The summed E-state index contributed by atoms with van der Waals surface area (Å²) in [5.41, 5.74) is 5.52. The molecule has 3 N–H and O–H groups in total. The van der Waals surface area contributed by atoms with E-state index >= 15 is 0 Å². The first-order chi connectivity index (χ1) is 8.49. The summed E-state index contributed by atoms with van der Waals surface area (Å²) in [5, 5.41) is 9.70. The van der Waals surface area contributed by atoms with Gasteiger partial charge in [0.15, 0.2) is 0 Å². The molecule has 2 aromatic rings. The lowest BCUT2D eigenvalue weighted by Gasteiger charge is -2.08. The minimum Gasteiger partial charge on any atom is -0.379 e. The van der Waals surface area contributed by atoms with Crippen LogP contribution in [0.15, 0.2) is 21.2 Å². The van der Waals surface area contributed by atoms with Crippen LogP contribution in [0.4, 0.5) is 11.5 Å². The van der Waals surface area contributed by atoms with Gasteiger partial charge in [0.1, 0.15) is 0 Å². The molecule has 0 radical (unpaired) electrons. The molecule has 1 heterocycles. The van der Waals surface area contributed by atoms with E-state index in [1.807, 2.05) is 0 Å². The van der Waals surface area contributed by atoms with Crippen LogP contribution in [0.2, 0.25) is 10.0 Å². The van der Waals surface area contributed by atoms with E-state index in [1.54, 1.807) is 12.1 Å². The standard InChI is InChI=1S/C9H5BrCl2N4O2/c10-3-1-4(11)6(5(12)2-3)14-9(17)7-8(13)16-18-15-7/h1-2H,(H2,13,16)(H,14,17). The normalized spacial score (nSPS) is 10.4. The number of hydrogen-bond acceptors (Lipinski definition) is 5. The second-order valence-electron chi connectivity index (χ2n) is 3.20. The number of carbonyl (C=O) groups is 1. The molecule has 0 aliphatic heterocycles. The van der Waals surface area contributed by atoms with E-state index in [0.29, 0.717) is 4.47 Å². The molecule has 0 fully saturated rings. The predicted molar refractivity (Wildman–Crippen MR) is 70.8 cm³/mol. The fraction of sp³-hybridized carbons (Fsp3) is 0. The highest BCUT2D eigenvalue weighted by molar-refractivity contribution is 9.10. The lowest BCUT2D eigenvalue weighted by molar-refractivity contribution is 0.101. The number of rotatable bonds is 2. The van der Waals surface area contributed by atoms with E-state index in [2.05, 4.69) is 36.2 Å². The van der Waals surface area contributed by atoms with Gasteiger partial charge in [-0.25, -0.2) is 4.63 Å². The first kappa shape index (κ1) is 13.1. The Hall–Kier alpha value is -1.31. The Morgan fingerprint density at radius 1 is 1.33 bits per heavy atom. The molecule has 2 rings (SSSR count). The number of benzene rings is 1. The minimum atomic E-state index is -0.611. The van der Waals surface area contributed by atoms with Crippen LogP contribution >= 0.6 is 39.1 Å². The Morgan fingerprint density at radius 2 is 1.94 bits per heavy atom. The van der Waals surface area contributed by atoms with Crippen molar-refractivity contribution < 1.29 is 9.42 Å². The summed E-state index contributed by atoms with van der Waals surface area (Å²) in [5.74, 6) is -0.725. The molecule has 0 aliphatic carbocycles. The maximum Gasteiger partial charge on any atom is 0.281 e. The molecule has 18 heavy (non-hydrogen) atoms. The molecule has 9 heteroatoms. The van der Waals surface area contributed by atoms with Crippen molar-refractivity contribution in [2.75, 3.05) is 11.1 Å². The summed E-state index contributed by atoms with van der Waals surface area (Å²) >= 11 is 15.1. The van der Waals surface area contributed by atoms with Crippen molar-refractivity contribution in [2.45, 2.75) is 0 Å². The van der Waals surface area contributed by atoms with Gasteiger partial charge >= 0.3 is 0 Å². The number of nitrogen functional groups attached to an aromatic ring is 1. The van der Waals surface area contributed by atoms with Gasteiger partial charge in [0, 0.05) is 4.47 Å². The number of nitrogens with two attached hydrogens (primary N) is 1. The number of nitrogens with one attached hydrogen (secondary N) is 1. The van der Waals surface area contributed by atoms with Crippen LogP contribution in [0.1, 0.15) is 10.5 Å². The van der Waals surface area contributed by atoms with E-state index in [9.17, 15) is 4.79 Å². The van der Waals surface area contributed by atoms with Gasteiger partial charge in [-0.3, -0.25) is 4.79 Å². The van der Waals surface area contributed by atoms with Crippen molar-refractivity contribution in [3.05, 3.63) is 32.3 Å². The van der Waals surface area contributed by atoms with Crippen LogP contribution in [0, 0.1) is 0 Å². The summed E-state index contributed by atoms with van der Waals surface area (Å²) in [6.07, 6.45) is 0. The highest BCUT2D eigenvalue weighted by Crippen LogP contribution is 2.34. The largest absolute Gasteiger partial charge is 0.379 e. The Bertz CT molecular complexity index is 593. The van der Waals surface area contributed by atoms with Crippen molar-refractivity contribution >= 4 is 56.5 Å². The zero-order valence-corrected chi connectivity index (χ0v) is 11.7. The number of carbonyl (C=O) groups excluding carboxylic acids is 1. The third-order valence-electron chi connectivity index (χ3n) is 1.97. The van der Waals surface area contributed by atoms with Crippen molar-refractivity contribution in [3.63, 3.8) is 0 Å². The van der Waals surface area contributed by atoms with E-state index in [0.717, 1.165) is 0 Å².